The summed E-state index contributed by atoms with van der Waals surface area (Å²) in [6.07, 6.45) is 2.93. The molecule has 2 nitrogen and oxygen atoms in total. The van der Waals surface area contributed by atoms with Gasteiger partial charge in [-0.25, -0.2) is 8.78 Å². The van der Waals surface area contributed by atoms with Crippen LogP contribution < -0.4 is 5.32 Å². The summed E-state index contributed by atoms with van der Waals surface area (Å²) in [7, 11) is 0. The molecule has 18 heavy (non-hydrogen) atoms. The van der Waals surface area contributed by atoms with E-state index in [0.29, 0.717) is 12.8 Å². The zero-order valence-corrected chi connectivity index (χ0v) is 10.3. The summed E-state index contributed by atoms with van der Waals surface area (Å²) in [6, 6.07) is 3.50. The highest BCUT2D eigenvalue weighted by Crippen LogP contribution is 2.42. The quantitative estimate of drug-likeness (QED) is 0.805. The molecule has 0 amide bonds. The molecule has 4 heteroatoms. The molecule has 2 saturated heterocycles. The third-order valence-electron chi connectivity index (χ3n) is 4.28. The van der Waals surface area contributed by atoms with E-state index in [9.17, 15) is 13.9 Å². The van der Waals surface area contributed by atoms with Crippen molar-refractivity contribution in [2.75, 3.05) is 0 Å². The molecule has 0 radical (unpaired) electrons. The van der Waals surface area contributed by atoms with Crippen LogP contribution in [0, 0.1) is 18.6 Å². The molecule has 2 aliphatic rings. The lowest BCUT2D eigenvalue weighted by Gasteiger charge is -2.37. The number of halogens is 2. The van der Waals surface area contributed by atoms with Crippen LogP contribution in [0.2, 0.25) is 0 Å². The maximum absolute atomic E-state index is 14.0. The molecular formula is C14H17F2NO. The third kappa shape index (κ3) is 1.75. The molecular weight excluding hydrogens is 236 g/mol. The van der Waals surface area contributed by atoms with E-state index < -0.39 is 17.2 Å². The number of hydrogen-bond acceptors (Lipinski definition) is 2. The van der Waals surface area contributed by atoms with Gasteiger partial charge in [-0.05, 0) is 38.2 Å². The predicted molar refractivity (Wildman–Crippen MR) is 64.2 cm³/mol. The number of hydrogen-bond donors (Lipinski definition) is 2. The van der Waals surface area contributed by atoms with Gasteiger partial charge in [-0.2, -0.15) is 0 Å². The van der Waals surface area contributed by atoms with Gasteiger partial charge in [0, 0.05) is 17.6 Å². The zero-order valence-electron chi connectivity index (χ0n) is 10.3. The van der Waals surface area contributed by atoms with Crippen LogP contribution in [0.1, 0.15) is 36.8 Å². The van der Waals surface area contributed by atoms with Crippen LogP contribution in [0.5, 0.6) is 0 Å². The molecule has 0 spiro atoms. The number of rotatable bonds is 1. The molecule has 2 fully saturated rings. The van der Waals surface area contributed by atoms with Gasteiger partial charge >= 0.3 is 0 Å². The van der Waals surface area contributed by atoms with Crippen molar-refractivity contribution in [1.29, 1.82) is 0 Å². The second-order valence-corrected chi connectivity index (χ2v) is 5.64. The number of benzene rings is 1. The van der Waals surface area contributed by atoms with Gasteiger partial charge in [0.15, 0.2) is 11.6 Å². The first-order valence-electron chi connectivity index (χ1n) is 6.43. The molecule has 2 bridgehead atoms. The van der Waals surface area contributed by atoms with E-state index in [4.69, 9.17) is 0 Å². The normalized spacial score (nSPS) is 34.9. The number of fused-ring (bicyclic) bond motifs is 2. The monoisotopic (exact) mass is 253 g/mol. The summed E-state index contributed by atoms with van der Waals surface area (Å²) in [4.78, 5) is 0. The van der Waals surface area contributed by atoms with Crippen molar-refractivity contribution in [3.8, 4) is 0 Å². The second kappa shape index (κ2) is 4.00. The predicted octanol–water partition coefficient (Wildman–Crippen LogP) is 2.38. The van der Waals surface area contributed by atoms with Crippen molar-refractivity contribution in [2.24, 2.45) is 0 Å². The molecule has 1 aromatic rings. The summed E-state index contributed by atoms with van der Waals surface area (Å²) in [5.41, 5.74) is -0.837. The Morgan fingerprint density at radius 1 is 1.17 bits per heavy atom. The van der Waals surface area contributed by atoms with E-state index in [1.165, 1.54) is 19.1 Å². The highest BCUT2D eigenvalue weighted by molar-refractivity contribution is 5.31. The number of nitrogens with one attached hydrogen (secondary N) is 1. The fourth-order valence-electron chi connectivity index (χ4n) is 3.35. The van der Waals surface area contributed by atoms with Crippen molar-refractivity contribution in [3.63, 3.8) is 0 Å². The molecule has 2 atom stereocenters. The van der Waals surface area contributed by atoms with Crippen LogP contribution in [0.15, 0.2) is 12.1 Å². The fourth-order valence-corrected chi connectivity index (χ4v) is 3.35. The van der Waals surface area contributed by atoms with Crippen LogP contribution in [0.4, 0.5) is 8.78 Å². The van der Waals surface area contributed by atoms with Crippen molar-refractivity contribution in [2.45, 2.75) is 50.3 Å². The number of aliphatic hydroxyl groups is 1. The van der Waals surface area contributed by atoms with E-state index in [2.05, 4.69) is 5.32 Å². The van der Waals surface area contributed by atoms with Gasteiger partial charge in [0.25, 0.3) is 0 Å². The van der Waals surface area contributed by atoms with Gasteiger partial charge in [-0.1, -0.05) is 12.1 Å². The molecule has 3 rings (SSSR count). The van der Waals surface area contributed by atoms with E-state index in [1.54, 1.807) is 0 Å². The van der Waals surface area contributed by atoms with Crippen LogP contribution in [-0.2, 0) is 5.60 Å². The number of piperidine rings is 1. The topological polar surface area (TPSA) is 32.3 Å². The van der Waals surface area contributed by atoms with Gasteiger partial charge in [0.05, 0.1) is 5.60 Å². The first-order chi connectivity index (χ1) is 8.49. The smallest absolute Gasteiger partial charge is 0.165 e. The van der Waals surface area contributed by atoms with E-state index in [-0.39, 0.29) is 23.2 Å². The maximum Gasteiger partial charge on any atom is 0.165 e. The molecule has 2 heterocycles. The second-order valence-electron chi connectivity index (χ2n) is 5.64. The minimum atomic E-state index is -1.23. The third-order valence-corrected chi connectivity index (χ3v) is 4.28. The van der Waals surface area contributed by atoms with Crippen molar-refractivity contribution in [1.82, 2.24) is 5.32 Å². The van der Waals surface area contributed by atoms with Crippen molar-refractivity contribution >= 4 is 0 Å². The summed E-state index contributed by atoms with van der Waals surface area (Å²) >= 11 is 0. The Morgan fingerprint density at radius 2 is 1.78 bits per heavy atom. The maximum atomic E-state index is 14.0. The lowest BCUT2D eigenvalue weighted by atomic mass is 9.81. The van der Waals surface area contributed by atoms with Crippen LogP contribution >= 0.6 is 0 Å². The Kier molecular flexibility index (Phi) is 2.68. The zero-order chi connectivity index (χ0) is 12.9. The molecule has 0 aromatic heterocycles. The minimum absolute atomic E-state index is 0.115. The highest BCUT2D eigenvalue weighted by Gasteiger charge is 2.45. The van der Waals surface area contributed by atoms with Crippen molar-refractivity contribution < 1.29 is 13.9 Å². The summed E-state index contributed by atoms with van der Waals surface area (Å²) < 4.78 is 27.6. The van der Waals surface area contributed by atoms with Gasteiger partial charge in [0.2, 0.25) is 0 Å². The fraction of sp³-hybridized carbons (Fsp3) is 0.571. The SMILES string of the molecule is Cc1ccc(C2(O)CC3CCC(C2)N3)c(F)c1F. The Balaban J connectivity index is 2.01. The van der Waals surface area contributed by atoms with Gasteiger partial charge in [0.1, 0.15) is 0 Å². The summed E-state index contributed by atoms with van der Waals surface area (Å²) in [5.74, 6) is -1.73. The van der Waals surface area contributed by atoms with Crippen molar-refractivity contribution in [3.05, 3.63) is 34.9 Å². The first-order valence-corrected chi connectivity index (χ1v) is 6.43. The summed E-state index contributed by atoms with van der Waals surface area (Å²) in [5, 5.41) is 14.1. The van der Waals surface area contributed by atoms with Crippen LogP contribution in [0.3, 0.4) is 0 Å². The highest BCUT2D eigenvalue weighted by atomic mass is 19.2. The largest absolute Gasteiger partial charge is 0.385 e. The average molecular weight is 253 g/mol. The van der Waals surface area contributed by atoms with Crippen LogP contribution in [0.25, 0.3) is 0 Å². The lowest BCUT2D eigenvalue weighted by molar-refractivity contribution is -0.0149. The number of aryl methyl sites for hydroxylation is 1. The van der Waals surface area contributed by atoms with E-state index in [1.807, 2.05) is 0 Å². The molecule has 0 saturated carbocycles. The Labute approximate surface area is 105 Å². The first kappa shape index (κ1) is 12.1. The van der Waals surface area contributed by atoms with Crippen LogP contribution in [-0.4, -0.2) is 17.2 Å². The molecule has 2 aliphatic heterocycles. The van der Waals surface area contributed by atoms with E-state index >= 15 is 0 Å². The lowest BCUT2D eigenvalue weighted by Crippen LogP contribution is -2.47. The minimum Gasteiger partial charge on any atom is -0.385 e. The Bertz CT molecular complexity index is 477. The Hall–Kier alpha value is -1.00. The van der Waals surface area contributed by atoms with Gasteiger partial charge in [-0.3, -0.25) is 0 Å². The molecule has 98 valence electrons. The average Bonchev–Trinajstić information content (AvgIpc) is 2.66. The molecule has 1 aromatic carbocycles. The summed E-state index contributed by atoms with van der Waals surface area (Å²) in [6.45, 7) is 1.53. The van der Waals surface area contributed by atoms with E-state index in [0.717, 1.165) is 12.8 Å². The molecule has 0 aliphatic carbocycles. The standard InChI is InChI=1S/C14H17F2NO/c1-8-2-5-11(13(16)12(8)15)14(18)6-9-3-4-10(7-14)17-9/h2,5,9-10,17-18H,3-4,6-7H2,1H3. The molecule has 2 N–H and O–H groups in total. The van der Waals surface area contributed by atoms with Gasteiger partial charge in [-0.15, -0.1) is 0 Å². The Morgan fingerprint density at radius 3 is 2.39 bits per heavy atom. The molecule has 2 unspecified atom stereocenters. The van der Waals surface area contributed by atoms with Gasteiger partial charge < -0.3 is 10.4 Å².